The van der Waals surface area contributed by atoms with Crippen molar-refractivity contribution in [1.29, 1.82) is 0 Å². The van der Waals surface area contributed by atoms with E-state index in [1.165, 1.54) is 18.2 Å². The summed E-state index contributed by atoms with van der Waals surface area (Å²) in [5.41, 5.74) is 4.01. The molecule has 1 fully saturated rings. The van der Waals surface area contributed by atoms with Crippen LogP contribution in [0.3, 0.4) is 0 Å². The van der Waals surface area contributed by atoms with Gasteiger partial charge in [0.15, 0.2) is 5.11 Å². The molecule has 3 rings (SSSR count). The van der Waals surface area contributed by atoms with Gasteiger partial charge in [0.25, 0.3) is 0 Å². The van der Waals surface area contributed by atoms with Crippen LogP contribution in [0.5, 0.6) is 0 Å². The maximum absolute atomic E-state index is 11.6. The van der Waals surface area contributed by atoms with E-state index in [1.54, 1.807) is 0 Å². The zero-order valence-corrected chi connectivity index (χ0v) is 18.3. The smallest absolute Gasteiger partial charge is 0.337 e. The summed E-state index contributed by atoms with van der Waals surface area (Å²) in [4.78, 5) is 16.4. The molecule has 1 aliphatic rings. The molecule has 1 heterocycles. The quantitative estimate of drug-likeness (QED) is 0.604. The molecule has 0 radical (unpaired) electrons. The number of esters is 1. The molecule has 6 heteroatoms. The number of anilines is 1. The van der Waals surface area contributed by atoms with Crippen LogP contribution in [0.2, 0.25) is 0 Å². The van der Waals surface area contributed by atoms with E-state index in [2.05, 4.69) is 48.0 Å². The van der Waals surface area contributed by atoms with E-state index in [1.807, 2.05) is 36.4 Å². The van der Waals surface area contributed by atoms with Gasteiger partial charge in [-0.1, -0.05) is 24.3 Å². The summed E-state index contributed by atoms with van der Waals surface area (Å²) >= 11 is 5.68. The summed E-state index contributed by atoms with van der Waals surface area (Å²) in [6.07, 6.45) is 0. The molecular weight excluding hydrogens is 382 g/mol. The highest BCUT2D eigenvalue weighted by atomic mass is 32.1. The first-order chi connectivity index (χ1) is 13.9. The Hall–Kier alpha value is -2.44. The van der Waals surface area contributed by atoms with Gasteiger partial charge < -0.3 is 15.0 Å². The van der Waals surface area contributed by atoms with Crippen LogP contribution in [0.25, 0.3) is 0 Å². The number of benzene rings is 2. The van der Waals surface area contributed by atoms with Crippen LogP contribution in [0, 0.1) is 6.92 Å². The van der Waals surface area contributed by atoms with Gasteiger partial charge in [0, 0.05) is 37.4 Å². The largest absolute Gasteiger partial charge is 0.465 e. The summed E-state index contributed by atoms with van der Waals surface area (Å²) in [5.74, 6) is -0.304. The number of ether oxygens (including phenoxy) is 1. The van der Waals surface area contributed by atoms with Gasteiger partial charge in [0.2, 0.25) is 0 Å². The minimum atomic E-state index is -0.304. The zero-order valence-electron chi connectivity index (χ0n) is 17.5. The van der Waals surface area contributed by atoms with Gasteiger partial charge in [-0.05, 0) is 68.4 Å². The number of thiocarbonyl (C=S) groups is 1. The molecule has 5 nitrogen and oxygen atoms in total. The Morgan fingerprint density at radius 1 is 1.14 bits per heavy atom. The van der Waals surface area contributed by atoms with E-state index >= 15 is 0 Å². The minimum absolute atomic E-state index is 0.304. The van der Waals surface area contributed by atoms with Crippen LogP contribution in [-0.4, -0.2) is 53.2 Å². The molecular formula is C23H29N3O2S. The molecule has 0 aliphatic carbocycles. The molecule has 0 amide bonds. The van der Waals surface area contributed by atoms with Crippen molar-refractivity contribution in [3.05, 3.63) is 65.2 Å². The van der Waals surface area contributed by atoms with E-state index in [4.69, 9.17) is 17.0 Å². The van der Waals surface area contributed by atoms with E-state index in [0.29, 0.717) is 17.6 Å². The van der Waals surface area contributed by atoms with Gasteiger partial charge in [-0.15, -0.1) is 0 Å². The Morgan fingerprint density at radius 2 is 1.79 bits per heavy atom. The standard InChI is InChI=1S/C23H29N3O2S/c1-16-6-5-7-21(12-16)24-23(29)25-13-17(2)26(18(3)14-25)15-19-8-10-20(11-9-19)22(27)28-4/h5-12,17-18H,13-15H2,1-4H3,(H,24,29)/t17-,18+. The van der Waals surface area contributed by atoms with Gasteiger partial charge in [0.1, 0.15) is 0 Å². The molecule has 0 aromatic heterocycles. The molecule has 154 valence electrons. The predicted molar refractivity (Wildman–Crippen MR) is 121 cm³/mol. The first-order valence-corrected chi connectivity index (χ1v) is 10.3. The monoisotopic (exact) mass is 411 g/mol. The van der Waals surface area contributed by atoms with Crippen molar-refractivity contribution in [3.8, 4) is 0 Å². The van der Waals surface area contributed by atoms with Crippen LogP contribution < -0.4 is 5.32 Å². The molecule has 1 N–H and O–H groups in total. The number of carbonyl (C=O) groups excluding carboxylic acids is 1. The highest BCUT2D eigenvalue weighted by molar-refractivity contribution is 7.80. The van der Waals surface area contributed by atoms with Crippen molar-refractivity contribution >= 4 is 29.0 Å². The molecule has 0 saturated carbocycles. The number of rotatable bonds is 4. The summed E-state index contributed by atoms with van der Waals surface area (Å²) < 4.78 is 4.77. The third kappa shape index (κ3) is 5.34. The lowest BCUT2D eigenvalue weighted by Crippen LogP contribution is -2.58. The Labute approximate surface area is 178 Å². The van der Waals surface area contributed by atoms with Crippen LogP contribution in [0.1, 0.15) is 35.3 Å². The van der Waals surface area contributed by atoms with E-state index in [0.717, 1.165) is 30.4 Å². The van der Waals surface area contributed by atoms with E-state index in [9.17, 15) is 4.79 Å². The van der Waals surface area contributed by atoms with Crippen molar-refractivity contribution in [3.63, 3.8) is 0 Å². The molecule has 0 unspecified atom stereocenters. The fourth-order valence-corrected chi connectivity index (χ4v) is 4.10. The molecule has 0 bridgehead atoms. The number of nitrogens with one attached hydrogen (secondary N) is 1. The highest BCUT2D eigenvalue weighted by Crippen LogP contribution is 2.21. The fraction of sp³-hybridized carbons (Fsp3) is 0.391. The van der Waals surface area contributed by atoms with Gasteiger partial charge in [-0.25, -0.2) is 4.79 Å². The number of hydrogen-bond donors (Lipinski definition) is 1. The van der Waals surface area contributed by atoms with Crippen LogP contribution in [0.4, 0.5) is 5.69 Å². The van der Waals surface area contributed by atoms with Crippen molar-refractivity contribution in [1.82, 2.24) is 9.80 Å². The Balaban J connectivity index is 1.60. The summed E-state index contributed by atoms with van der Waals surface area (Å²) in [6.45, 7) is 9.15. The summed E-state index contributed by atoms with van der Waals surface area (Å²) in [6, 6.07) is 16.6. The van der Waals surface area contributed by atoms with Crippen LogP contribution in [0.15, 0.2) is 48.5 Å². The van der Waals surface area contributed by atoms with Crippen molar-refractivity contribution in [2.45, 2.75) is 39.4 Å². The number of aryl methyl sites for hydroxylation is 1. The maximum Gasteiger partial charge on any atom is 0.337 e. The normalized spacial score (nSPS) is 19.7. The van der Waals surface area contributed by atoms with Crippen LogP contribution >= 0.6 is 12.2 Å². The number of methoxy groups -OCH3 is 1. The maximum atomic E-state index is 11.6. The SMILES string of the molecule is COC(=O)c1ccc(CN2[C@H](C)CN(C(=S)Nc3cccc(C)c3)C[C@@H]2C)cc1. The lowest BCUT2D eigenvalue weighted by atomic mass is 10.1. The molecule has 2 aromatic carbocycles. The molecule has 2 atom stereocenters. The summed E-state index contributed by atoms with van der Waals surface area (Å²) in [5, 5.41) is 4.15. The van der Waals surface area contributed by atoms with Crippen molar-refractivity contribution in [2.75, 3.05) is 25.5 Å². The topological polar surface area (TPSA) is 44.8 Å². The second-order valence-corrected chi connectivity index (χ2v) is 8.15. The molecule has 29 heavy (non-hydrogen) atoms. The third-order valence-corrected chi connectivity index (χ3v) is 5.76. The number of carbonyl (C=O) groups is 1. The molecule has 1 saturated heterocycles. The van der Waals surface area contributed by atoms with Gasteiger partial charge in [0.05, 0.1) is 12.7 Å². The first kappa shape index (κ1) is 21.3. The lowest BCUT2D eigenvalue weighted by Gasteiger charge is -2.45. The van der Waals surface area contributed by atoms with Gasteiger partial charge in [-0.2, -0.15) is 0 Å². The molecule has 1 aliphatic heterocycles. The van der Waals surface area contributed by atoms with Crippen molar-refractivity contribution < 1.29 is 9.53 Å². The average Bonchev–Trinajstić information content (AvgIpc) is 2.70. The number of hydrogen-bond acceptors (Lipinski definition) is 4. The second kappa shape index (κ2) is 9.37. The number of nitrogens with zero attached hydrogens (tertiary/aromatic N) is 2. The number of piperazine rings is 1. The zero-order chi connectivity index (χ0) is 21.0. The van der Waals surface area contributed by atoms with E-state index in [-0.39, 0.29) is 5.97 Å². The summed E-state index contributed by atoms with van der Waals surface area (Å²) in [7, 11) is 1.40. The first-order valence-electron chi connectivity index (χ1n) is 9.93. The molecule has 2 aromatic rings. The Morgan fingerprint density at radius 3 is 2.38 bits per heavy atom. The van der Waals surface area contributed by atoms with Crippen molar-refractivity contribution in [2.24, 2.45) is 0 Å². The Bertz CT molecular complexity index is 857. The second-order valence-electron chi connectivity index (χ2n) is 7.76. The molecule has 0 spiro atoms. The third-order valence-electron chi connectivity index (χ3n) is 5.40. The Kier molecular flexibility index (Phi) is 6.87. The lowest BCUT2D eigenvalue weighted by molar-refractivity contribution is 0.0599. The minimum Gasteiger partial charge on any atom is -0.465 e. The highest BCUT2D eigenvalue weighted by Gasteiger charge is 2.30. The van der Waals surface area contributed by atoms with E-state index < -0.39 is 0 Å². The van der Waals surface area contributed by atoms with Crippen LogP contribution in [-0.2, 0) is 11.3 Å². The fourth-order valence-electron chi connectivity index (χ4n) is 3.83. The van der Waals surface area contributed by atoms with Gasteiger partial charge >= 0.3 is 5.97 Å². The average molecular weight is 412 g/mol. The predicted octanol–water partition coefficient (Wildman–Crippen LogP) is 4.07. The van der Waals surface area contributed by atoms with Gasteiger partial charge in [-0.3, -0.25) is 4.90 Å².